The number of allylic oxidation sites excluding steroid dienone is 1. The zero-order valence-electron chi connectivity index (χ0n) is 22.8. The van der Waals surface area contributed by atoms with Crippen LogP contribution in [0.25, 0.3) is 11.0 Å². The van der Waals surface area contributed by atoms with E-state index in [-0.39, 0.29) is 0 Å². The van der Waals surface area contributed by atoms with Crippen molar-refractivity contribution in [2.45, 2.75) is 31.9 Å². The third-order valence-corrected chi connectivity index (χ3v) is 6.95. The van der Waals surface area contributed by atoms with Crippen molar-refractivity contribution in [1.82, 2.24) is 15.0 Å². The van der Waals surface area contributed by atoms with Crippen LogP contribution in [0.4, 0.5) is 5.82 Å². The summed E-state index contributed by atoms with van der Waals surface area (Å²) in [6.07, 6.45) is 6.70. The Kier molecular flexibility index (Phi) is 7.43. The first-order valence-corrected chi connectivity index (χ1v) is 13.6. The summed E-state index contributed by atoms with van der Waals surface area (Å²) in [6.45, 7) is 2.45. The first-order valence-electron chi connectivity index (χ1n) is 13.6. The van der Waals surface area contributed by atoms with Crippen molar-refractivity contribution in [2.24, 2.45) is 5.73 Å². The molecule has 41 heavy (non-hydrogen) atoms. The predicted molar refractivity (Wildman–Crippen MR) is 161 cm³/mol. The van der Waals surface area contributed by atoms with Crippen molar-refractivity contribution in [2.75, 3.05) is 5.32 Å². The summed E-state index contributed by atoms with van der Waals surface area (Å²) in [5.41, 5.74) is 11.0. The van der Waals surface area contributed by atoms with Crippen LogP contribution < -0.4 is 20.5 Å². The molecule has 204 valence electrons. The SMILES string of the molecule is Cc1ccc2c(NC3=C(Oc4ccc(OCc5ccccc5)cc4)C=CC(N)(Cc4ccccc4)C3)ncnc2n1. The fourth-order valence-corrected chi connectivity index (χ4v) is 4.87. The number of anilines is 1. The average molecular weight is 542 g/mol. The lowest BCUT2D eigenvalue weighted by atomic mass is 9.84. The lowest BCUT2D eigenvalue weighted by molar-refractivity contribution is 0.305. The largest absolute Gasteiger partial charge is 0.489 e. The van der Waals surface area contributed by atoms with Gasteiger partial charge < -0.3 is 20.5 Å². The smallest absolute Gasteiger partial charge is 0.164 e. The summed E-state index contributed by atoms with van der Waals surface area (Å²) in [4.78, 5) is 13.4. The molecule has 3 aromatic carbocycles. The maximum atomic E-state index is 6.95. The number of nitrogens with two attached hydrogens (primary N) is 1. The van der Waals surface area contributed by atoms with Gasteiger partial charge in [-0.15, -0.1) is 0 Å². The van der Waals surface area contributed by atoms with Gasteiger partial charge in [0, 0.05) is 17.7 Å². The fraction of sp³-hybridized carbons (Fsp3) is 0.147. The molecule has 2 heterocycles. The van der Waals surface area contributed by atoms with Crippen LogP contribution in [0.1, 0.15) is 23.2 Å². The Morgan fingerprint density at radius 2 is 1.54 bits per heavy atom. The Bertz CT molecular complexity index is 1700. The molecule has 0 saturated carbocycles. The highest BCUT2D eigenvalue weighted by atomic mass is 16.5. The highest BCUT2D eigenvalue weighted by Gasteiger charge is 2.30. The van der Waals surface area contributed by atoms with Crippen LogP contribution in [0.2, 0.25) is 0 Å². The Balaban J connectivity index is 1.26. The van der Waals surface area contributed by atoms with E-state index in [0.717, 1.165) is 28.1 Å². The van der Waals surface area contributed by atoms with E-state index in [9.17, 15) is 0 Å². The van der Waals surface area contributed by atoms with Gasteiger partial charge in [0.05, 0.1) is 11.1 Å². The molecule has 0 aliphatic heterocycles. The van der Waals surface area contributed by atoms with Crippen LogP contribution in [0.3, 0.4) is 0 Å². The summed E-state index contributed by atoms with van der Waals surface area (Å²) in [5.74, 6) is 2.78. The molecule has 5 aromatic rings. The molecule has 0 bridgehead atoms. The number of rotatable bonds is 9. The number of hydrogen-bond acceptors (Lipinski definition) is 7. The minimum atomic E-state index is -0.608. The zero-order chi connectivity index (χ0) is 28.1. The van der Waals surface area contributed by atoms with Gasteiger partial charge in [-0.05, 0) is 66.9 Å². The second kappa shape index (κ2) is 11.6. The number of aromatic nitrogens is 3. The molecule has 7 heteroatoms. The molecule has 3 N–H and O–H groups in total. The van der Waals surface area contributed by atoms with Gasteiger partial charge in [0.2, 0.25) is 0 Å². The monoisotopic (exact) mass is 541 g/mol. The number of nitrogens with one attached hydrogen (secondary N) is 1. The quantitative estimate of drug-likeness (QED) is 0.219. The molecule has 0 fully saturated rings. The van der Waals surface area contributed by atoms with Gasteiger partial charge in [-0.2, -0.15) is 0 Å². The highest BCUT2D eigenvalue weighted by molar-refractivity contribution is 5.87. The summed E-state index contributed by atoms with van der Waals surface area (Å²) >= 11 is 0. The van der Waals surface area contributed by atoms with Crippen LogP contribution >= 0.6 is 0 Å². The highest BCUT2D eigenvalue weighted by Crippen LogP contribution is 2.32. The molecular formula is C34H31N5O2. The number of aryl methyl sites for hydroxylation is 1. The average Bonchev–Trinajstić information content (AvgIpc) is 2.99. The Hall–Kier alpha value is -5.01. The summed E-state index contributed by atoms with van der Waals surface area (Å²) in [7, 11) is 0. The van der Waals surface area contributed by atoms with E-state index in [1.54, 1.807) is 0 Å². The van der Waals surface area contributed by atoms with Gasteiger partial charge in [0.25, 0.3) is 0 Å². The van der Waals surface area contributed by atoms with Crippen molar-refractivity contribution in [3.63, 3.8) is 0 Å². The van der Waals surface area contributed by atoms with E-state index >= 15 is 0 Å². The third kappa shape index (κ3) is 6.42. The molecule has 0 spiro atoms. The fourth-order valence-electron chi connectivity index (χ4n) is 4.87. The number of pyridine rings is 1. The van der Waals surface area contributed by atoms with E-state index < -0.39 is 5.54 Å². The number of benzene rings is 3. The lowest BCUT2D eigenvalue weighted by Gasteiger charge is -2.32. The van der Waals surface area contributed by atoms with E-state index in [1.165, 1.54) is 11.9 Å². The molecule has 0 radical (unpaired) electrons. The number of hydrogen-bond donors (Lipinski definition) is 2. The maximum absolute atomic E-state index is 6.95. The van der Waals surface area contributed by atoms with Crippen molar-refractivity contribution < 1.29 is 9.47 Å². The molecule has 6 rings (SSSR count). The van der Waals surface area contributed by atoms with Crippen LogP contribution in [0.5, 0.6) is 11.5 Å². The van der Waals surface area contributed by atoms with Crippen LogP contribution in [-0.2, 0) is 13.0 Å². The van der Waals surface area contributed by atoms with Gasteiger partial charge >= 0.3 is 0 Å². The van der Waals surface area contributed by atoms with E-state index in [2.05, 4.69) is 32.4 Å². The lowest BCUT2D eigenvalue weighted by Crippen LogP contribution is -2.43. The molecule has 7 nitrogen and oxygen atoms in total. The first kappa shape index (κ1) is 26.2. The van der Waals surface area contributed by atoms with E-state index in [0.29, 0.717) is 42.4 Å². The summed E-state index contributed by atoms with van der Waals surface area (Å²) in [6, 6.07) is 31.9. The minimum absolute atomic E-state index is 0.504. The maximum Gasteiger partial charge on any atom is 0.164 e. The van der Waals surface area contributed by atoms with Crippen molar-refractivity contribution in [3.05, 3.63) is 144 Å². The van der Waals surface area contributed by atoms with E-state index in [4.69, 9.17) is 15.2 Å². The molecule has 0 saturated heterocycles. The van der Waals surface area contributed by atoms with Gasteiger partial charge in [-0.1, -0.05) is 66.7 Å². The Morgan fingerprint density at radius 3 is 2.29 bits per heavy atom. The Labute approximate surface area is 239 Å². The molecule has 1 aliphatic carbocycles. The molecule has 1 atom stereocenters. The minimum Gasteiger partial charge on any atom is -0.489 e. The van der Waals surface area contributed by atoms with Crippen LogP contribution in [-0.4, -0.2) is 20.5 Å². The van der Waals surface area contributed by atoms with Gasteiger partial charge in [0.15, 0.2) is 5.65 Å². The van der Waals surface area contributed by atoms with Crippen LogP contribution in [0.15, 0.2) is 127 Å². The molecular weight excluding hydrogens is 510 g/mol. The number of ether oxygens (including phenoxy) is 2. The number of nitrogens with zero attached hydrogens (tertiary/aromatic N) is 3. The van der Waals surface area contributed by atoms with Crippen molar-refractivity contribution in [1.29, 1.82) is 0 Å². The normalized spacial score (nSPS) is 16.5. The van der Waals surface area contributed by atoms with Crippen LogP contribution in [0, 0.1) is 6.92 Å². The van der Waals surface area contributed by atoms with E-state index in [1.807, 2.05) is 104 Å². The topological polar surface area (TPSA) is 95.2 Å². The zero-order valence-corrected chi connectivity index (χ0v) is 22.8. The molecule has 2 aromatic heterocycles. The molecule has 1 aliphatic rings. The predicted octanol–water partition coefficient (Wildman–Crippen LogP) is 6.51. The Morgan fingerprint density at radius 1 is 0.829 bits per heavy atom. The summed E-state index contributed by atoms with van der Waals surface area (Å²) in [5, 5.41) is 4.34. The van der Waals surface area contributed by atoms with Gasteiger partial charge in [0.1, 0.15) is 36.0 Å². The first-order chi connectivity index (χ1) is 20.0. The summed E-state index contributed by atoms with van der Waals surface area (Å²) < 4.78 is 12.3. The third-order valence-electron chi connectivity index (χ3n) is 6.95. The van der Waals surface area contributed by atoms with Crippen molar-refractivity contribution in [3.8, 4) is 11.5 Å². The number of fused-ring (bicyclic) bond motifs is 1. The standard InChI is InChI=1S/C34H31N5O2/c1-24-12-17-29-32(38-24)36-23-37-33(29)39-30-21-34(35,20-25-8-4-2-5-9-25)19-18-31(30)41-28-15-13-27(14-16-28)40-22-26-10-6-3-7-11-26/h2-19,23H,20-22,35H2,1H3,(H,36,37,38,39). The molecule has 1 unspecified atom stereocenters. The molecule has 0 amide bonds. The van der Waals surface area contributed by atoms with Gasteiger partial charge in [-0.25, -0.2) is 15.0 Å². The van der Waals surface area contributed by atoms with Gasteiger partial charge in [-0.3, -0.25) is 0 Å². The second-order valence-corrected chi connectivity index (χ2v) is 10.3. The second-order valence-electron chi connectivity index (χ2n) is 10.3. The van der Waals surface area contributed by atoms with Crippen molar-refractivity contribution >= 4 is 16.9 Å².